The molecule has 4 aromatic rings. The Morgan fingerprint density at radius 3 is 2.38 bits per heavy atom. The Kier molecular flexibility index (Phi) is 5.83. The third-order valence-corrected chi connectivity index (χ3v) is 6.34. The second-order valence-electron chi connectivity index (χ2n) is 8.58. The second kappa shape index (κ2) is 8.95. The van der Waals surface area contributed by atoms with E-state index in [0.717, 1.165) is 41.5 Å². The molecule has 0 spiro atoms. The van der Waals surface area contributed by atoms with Crippen LogP contribution in [0.2, 0.25) is 5.02 Å². The van der Waals surface area contributed by atoms with Gasteiger partial charge in [-0.2, -0.15) is 9.50 Å². The minimum atomic E-state index is 0.114. The van der Waals surface area contributed by atoms with Gasteiger partial charge in [-0.15, -0.1) is 5.10 Å². The summed E-state index contributed by atoms with van der Waals surface area (Å²) in [5, 5.41) is 8.77. The second-order valence-corrected chi connectivity index (χ2v) is 8.99. The summed E-state index contributed by atoms with van der Waals surface area (Å²) in [6.07, 6.45) is 0. The van der Waals surface area contributed by atoms with E-state index in [1.807, 2.05) is 60.4 Å². The zero-order chi connectivity index (χ0) is 23.8. The predicted molar refractivity (Wildman–Crippen MR) is 135 cm³/mol. The average molecular weight is 476 g/mol. The summed E-state index contributed by atoms with van der Waals surface area (Å²) in [4.78, 5) is 24.8. The van der Waals surface area contributed by atoms with Crippen LogP contribution in [-0.4, -0.2) is 56.6 Å². The minimum absolute atomic E-state index is 0.114. The molecule has 0 saturated carbocycles. The Hall–Kier alpha value is -3.65. The van der Waals surface area contributed by atoms with Gasteiger partial charge in [0.2, 0.25) is 5.91 Å². The summed E-state index contributed by atoms with van der Waals surface area (Å²) >= 11 is 6.66. The van der Waals surface area contributed by atoms with Gasteiger partial charge in [0.05, 0.1) is 10.7 Å². The highest BCUT2D eigenvalue weighted by molar-refractivity contribution is 6.33. The molecule has 174 valence electrons. The SMILES string of the molecule is CC(=O)N1CCN(c2ccc(Nc3cc(C)nc4nc(-c5ccc(C)cc5)nn34)cc2Cl)CC1. The first-order chi connectivity index (χ1) is 16.4. The number of halogens is 1. The zero-order valence-corrected chi connectivity index (χ0v) is 20.2. The smallest absolute Gasteiger partial charge is 0.254 e. The van der Waals surface area contributed by atoms with Crippen molar-refractivity contribution in [1.29, 1.82) is 0 Å². The third kappa shape index (κ3) is 4.41. The number of aryl methyl sites for hydroxylation is 2. The number of piperazine rings is 1. The van der Waals surface area contributed by atoms with Gasteiger partial charge in [-0.05, 0) is 32.0 Å². The molecule has 1 amide bonds. The molecule has 3 heterocycles. The maximum absolute atomic E-state index is 11.6. The summed E-state index contributed by atoms with van der Waals surface area (Å²) < 4.78 is 1.71. The standard InChI is InChI=1S/C25H26ClN7O/c1-16-4-6-19(7-5-16)24-29-25-27-17(2)14-23(33(25)30-24)28-20-8-9-22(21(26)15-20)32-12-10-31(11-13-32)18(3)34/h4-9,14-15,28H,10-13H2,1-3H3. The van der Waals surface area contributed by atoms with Gasteiger partial charge in [-0.1, -0.05) is 41.4 Å². The number of benzene rings is 2. The van der Waals surface area contributed by atoms with Crippen LogP contribution in [0.25, 0.3) is 17.2 Å². The van der Waals surface area contributed by atoms with Crippen LogP contribution in [0.3, 0.4) is 0 Å². The van der Waals surface area contributed by atoms with Gasteiger partial charge in [0.15, 0.2) is 5.82 Å². The molecular weight excluding hydrogens is 450 g/mol. The molecule has 0 atom stereocenters. The van der Waals surface area contributed by atoms with Crippen molar-refractivity contribution in [3.05, 3.63) is 64.8 Å². The average Bonchev–Trinajstić information content (AvgIpc) is 3.24. The van der Waals surface area contributed by atoms with E-state index in [0.29, 0.717) is 29.7 Å². The van der Waals surface area contributed by atoms with Crippen molar-refractivity contribution >= 4 is 40.5 Å². The van der Waals surface area contributed by atoms with Crippen LogP contribution in [0.4, 0.5) is 17.2 Å². The molecule has 0 aliphatic carbocycles. The Bertz CT molecular complexity index is 1360. The summed E-state index contributed by atoms with van der Waals surface area (Å²) in [5.74, 6) is 2.03. The first-order valence-corrected chi connectivity index (χ1v) is 11.6. The monoisotopic (exact) mass is 475 g/mol. The highest BCUT2D eigenvalue weighted by atomic mass is 35.5. The van der Waals surface area contributed by atoms with Gasteiger partial charge in [0.25, 0.3) is 5.78 Å². The van der Waals surface area contributed by atoms with Crippen molar-refractivity contribution in [2.45, 2.75) is 20.8 Å². The maximum atomic E-state index is 11.6. The van der Waals surface area contributed by atoms with E-state index >= 15 is 0 Å². The quantitative estimate of drug-likeness (QED) is 0.469. The topological polar surface area (TPSA) is 78.7 Å². The number of hydrogen-bond donors (Lipinski definition) is 1. The minimum Gasteiger partial charge on any atom is -0.367 e. The molecule has 1 aliphatic heterocycles. The van der Waals surface area contributed by atoms with E-state index < -0.39 is 0 Å². The number of aromatic nitrogens is 4. The number of carbonyl (C=O) groups is 1. The van der Waals surface area contributed by atoms with E-state index in [1.165, 1.54) is 5.56 Å². The predicted octanol–water partition coefficient (Wildman–Crippen LogP) is 4.47. The molecule has 1 fully saturated rings. The van der Waals surface area contributed by atoms with Crippen LogP contribution in [0.15, 0.2) is 48.5 Å². The van der Waals surface area contributed by atoms with Crippen LogP contribution in [0, 0.1) is 13.8 Å². The largest absolute Gasteiger partial charge is 0.367 e. The van der Waals surface area contributed by atoms with Gasteiger partial charge in [-0.3, -0.25) is 4.79 Å². The molecular formula is C25H26ClN7O. The van der Waals surface area contributed by atoms with Gasteiger partial charge >= 0.3 is 0 Å². The van der Waals surface area contributed by atoms with Gasteiger partial charge in [-0.25, -0.2) is 4.98 Å². The van der Waals surface area contributed by atoms with E-state index in [2.05, 4.69) is 27.1 Å². The normalized spacial score (nSPS) is 14.0. The number of carbonyl (C=O) groups excluding carboxylic acids is 1. The molecule has 1 N–H and O–H groups in total. The van der Waals surface area contributed by atoms with Crippen LogP contribution in [0.5, 0.6) is 0 Å². The number of fused-ring (bicyclic) bond motifs is 1. The summed E-state index contributed by atoms with van der Waals surface area (Å²) in [6.45, 7) is 8.53. The number of rotatable bonds is 4. The molecule has 34 heavy (non-hydrogen) atoms. The summed E-state index contributed by atoms with van der Waals surface area (Å²) in [5.41, 5.74) is 4.77. The van der Waals surface area contributed by atoms with E-state index in [-0.39, 0.29) is 5.91 Å². The van der Waals surface area contributed by atoms with Crippen LogP contribution in [0.1, 0.15) is 18.2 Å². The van der Waals surface area contributed by atoms with E-state index in [4.69, 9.17) is 16.7 Å². The molecule has 2 aromatic carbocycles. The molecule has 2 aromatic heterocycles. The Balaban J connectivity index is 1.40. The number of nitrogens with one attached hydrogen (secondary N) is 1. The fraction of sp³-hybridized carbons (Fsp3) is 0.280. The molecule has 0 radical (unpaired) electrons. The van der Waals surface area contributed by atoms with E-state index in [1.54, 1.807) is 11.4 Å². The molecule has 5 rings (SSSR count). The van der Waals surface area contributed by atoms with Crippen molar-refractivity contribution in [1.82, 2.24) is 24.5 Å². The van der Waals surface area contributed by atoms with Crippen molar-refractivity contribution in [2.24, 2.45) is 0 Å². The van der Waals surface area contributed by atoms with Crippen molar-refractivity contribution in [3.63, 3.8) is 0 Å². The van der Waals surface area contributed by atoms with Crippen LogP contribution >= 0.6 is 11.6 Å². The zero-order valence-electron chi connectivity index (χ0n) is 19.4. The number of amides is 1. The molecule has 8 nitrogen and oxygen atoms in total. The molecule has 9 heteroatoms. The van der Waals surface area contributed by atoms with Crippen LogP contribution < -0.4 is 10.2 Å². The first-order valence-electron chi connectivity index (χ1n) is 11.3. The van der Waals surface area contributed by atoms with Crippen molar-refractivity contribution in [3.8, 4) is 11.4 Å². The van der Waals surface area contributed by atoms with E-state index in [9.17, 15) is 4.79 Å². The van der Waals surface area contributed by atoms with Gasteiger partial charge in [0, 0.05) is 56.1 Å². The fourth-order valence-corrected chi connectivity index (χ4v) is 4.45. The molecule has 1 saturated heterocycles. The number of anilines is 3. The first kappa shape index (κ1) is 22.2. The molecule has 0 unspecified atom stereocenters. The van der Waals surface area contributed by atoms with Gasteiger partial charge < -0.3 is 15.1 Å². The highest BCUT2D eigenvalue weighted by Gasteiger charge is 2.20. The number of nitrogens with zero attached hydrogens (tertiary/aromatic N) is 6. The number of hydrogen-bond acceptors (Lipinski definition) is 6. The Morgan fingerprint density at radius 2 is 1.71 bits per heavy atom. The molecule has 1 aliphatic rings. The van der Waals surface area contributed by atoms with Crippen molar-refractivity contribution in [2.75, 3.05) is 36.4 Å². The lowest BCUT2D eigenvalue weighted by atomic mass is 10.1. The highest BCUT2D eigenvalue weighted by Crippen LogP contribution is 2.31. The summed E-state index contributed by atoms with van der Waals surface area (Å²) in [7, 11) is 0. The Morgan fingerprint density at radius 1 is 0.971 bits per heavy atom. The van der Waals surface area contributed by atoms with Crippen LogP contribution in [-0.2, 0) is 4.79 Å². The third-order valence-electron chi connectivity index (χ3n) is 6.04. The lowest BCUT2D eigenvalue weighted by Crippen LogP contribution is -2.48. The molecule has 0 bridgehead atoms. The van der Waals surface area contributed by atoms with Gasteiger partial charge in [0.1, 0.15) is 5.82 Å². The summed E-state index contributed by atoms with van der Waals surface area (Å²) in [6, 6.07) is 16.0. The lowest BCUT2D eigenvalue weighted by Gasteiger charge is -2.36. The lowest BCUT2D eigenvalue weighted by molar-refractivity contribution is -0.129. The Labute approximate surface area is 203 Å². The van der Waals surface area contributed by atoms with Crippen molar-refractivity contribution < 1.29 is 4.79 Å². The fourth-order valence-electron chi connectivity index (χ4n) is 4.15. The maximum Gasteiger partial charge on any atom is 0.254 e.